The van der Waals surface area contributed by atoms with Crippen molar-refractivity contribution in [2.45, 2.75) is 32.2 Å². The van der Waals surface area contributed by atoms with Gasteiger partial charge in [-0.1, -0.05) is 19.1 Å². The molecule has 1 aromatic carbocycles. The zero-order valence-corrected chi connectivity index (χ0v) is 8.63. The van der Waals surface area contributed by atoms with Crippen LogP contribution in [0, 0.1) is 0 Å². The van der Waals surface area contributed by atoms with Crippen LogP contribution in [0.1, 0.15) is 37.0 Å². The first-order chi connectivity index (χ1) is 6.64. The molecule has 0 radical (unpaired) electrons. The van der Waals surface area contributed by atoms with E-state index >= 15 is 0 Å². The third-order valence-corrected chi connectivity index (χ3v) is 2.99. The molecule has 1 heterocycles. The second kappa shape index (κ2) is 3.12. The third-order valence-electron chi connectivity index (χ3n) is 2.99. The van der Waals surface area contributed by atoms with Crippen molar-refractivity contribution in [2.24, 2.45) is 0 Å². The van der Waals surface area contributed by atoms with E-state index < -0.39 is 0 Å². The largest absolute Gasteiger partial charge is 0.379 e. The maximum absolute atomic E-state index is 11.8. The summed E-state index contributed by atoms with van der Waals surface area (Å²) in [6, 6.07) is 7.73. The van der Waals surface area contributed by atoms with Gasteiger partial charge in [0.25, 0.3) is 0 Å². The fourth-order valence-corrected chi connectivity index (χ4v) is 1.87. The van der Waals surface area contributed by atoms with Gasteiger partial charge in [-0.25, -0.2) is 0 Å². The van der Waals surface area contributed by atoms with Crippen LogP contribution in [0.25, 0.3) is 0 Å². The highest BCUT2D eigenvalue weighted by molar-refractivity contribution is 6.03. The summed E-state index contributed by atoms with van der Waals surface area (Å²) in [6.45, 7) is 4.20. The third kappa shape index (κ3) is 1.41. The van der Waals surface area contributed by atoms with Gasteiger partial charge in [0.2, 0.25) is 0 Å². The molecule has 2 rings (SSSR count). The van der Waals surface area contributed by atoms with Crippen LogP contribution in [0.15, 0.2) is 24.3 Å². The summed E-state index contributed by atoms with van der Waals surface area (Å²) in [5.41, 5.74) is 1.75. The van der Waals surface area contributed by atoms with Crippen molar-refractivity contribution in [3.8, 4) is 0 Å². The Kier molecular flexibility index (Phi) is 2.06. The Labute approximate surface area is 84.3 Å². The summed E-state index contributed by atoms with van der Waals surface area (Å²) < 4.78 is 0. The number of hydrogen-bond donors (Lipinski definition) is 1. The number of ketones is 1. The van der Waals surface area contributed by atoms with Gasteiger partial charge in [0.05, 0.1) is 0 Å². The number of fused-ring (bicyclic) bond motifs is 1. The van der Waals surface area contributed by atoms with E-state index in [9.17, 15) is 4.79 Å². The second-order valence-electron chi connectivity index (χ2n) is 4.18. The lowest BCUT2D eigenvalue weighted by Crippen LogP contribution is -2.40. The van der Waals surface area contributed by atoms with E-state index in [0.29, 0.717) is 6.42 Å². The lowest BCUT2D eigenvalue weighted by molar-refractivity contribution is 0.0953. The van der Waals surface area contributed by atoms with Crippen LogP contribution in [-0.4, -0.2) is 11.3 Å². The van der Waals surface area contributed by atoms with Crippen molar-refractivity contribution in [1.82, 2.24) is 0 Å². The SMILES string of the molecule is CCC1(C)CC(=O)c2ccccc2N1. The van der Waals surface area contributed by atoms with E-state index in [-0.39, 0.29) is 11.3 Å². The molecule has 0 spiro atoms. The van der Waals surface area contributed by atoms with Crippen molar-refractivity contribution in [1.29, 1.82) is 0 Å². The molecule has 14 heavy (non-hydrogen) atoms. The van der Waals surface area contributed by atoms with Crippen molar-refractivity contribution in [3.05, 3.63) is 29.8 Å². The van der Waals surface area contributed by atoms with Gasteiger partial charge in [-0.2, -0.15) is 0 Å². The minimum absolute atomic E-state index is 0.0641. The van der Waals surface area contributed by atoms with Crippen LogP contribution in [0.4, 0.5) is 5.69 Å². The van der Waals surface area contributed by atoms with Gasteiger partial charge in [0, 0.05) is 23.2 Å². The topological polar surface area (TPSA) is 29.1 Å². The molecule has 1 aliphatic rings. The Morgan fingerprint density at radius 1 is 1.43 bits per heavy atom. The molecule has 0 saturated heterocycles. The zero-order valence-electron chi connectivity index (χ0n) is 8.63. The van der Waals surface area contributed by atoms with E-state index in [1.54, 1.807) is 0 Å². The predicted octanol–water partition coefficient (Wildman–Crippen LogP) is 2.85. The maximum Gasteiger partial charge on any atom is 0.167 e. The number of anilines is 1. The monoisotopic (exact) mass is 189 g/mol. The first-order valence-corrected chi connectivity index (χ1v) is 5.05. The highest BCUT2D eigenvalue weighted by Crippen LogP contribution is 2.31. The number of benzene rings is 1. The summed E-state index contributed by atoms with van der Waals surface area (Å²) in [4.78, 5) is 11.8. The number of hydrogen-bond acceptors (Lipinski definition) is 2. The lowest BCUT2D eigenvalue weighted by atomic mass is 9.85. The number of carbonyl (C=O) groups is 1. The fraction of sp³-hybridized carbons (Fsp3) is 0.417. The molecule has 0 aliphatic carbocycles. The number of nitrogens with one attached hydrogen (secondary N) is 1. The molecule has 0 amide bonds. The van der Waals surface area contributed by atoms with Crippen molar-refractivity contribution < 1.29 is 4.79 Å². The van der Waals surface area contributed by atoms with Gasteiger partial charge in [-0.15, -0.1) is 0 Å². The van der Waals surface area contributed by atoms with Crippen molar-refractivity contribution in [2.75, 3.05) is 5.32 Å². The van der Waals surface area contributed by atoms with Gasteiger partial charge in [0.15, 0.2) is 5.78 Å². The van der Waals surface area contributed by atoms with Crippen LogP contribution in [0.2, 0.25) is 0 Å². The lowest BCUT2D eigenvalue weighted by Gasteiger charge is -2.35. The average molecular weight is 189 g/mol. The normalized spacial score (nSPS) is 25.4. The summed E-state index contributed by atoms with van der Waals surface area (Å²) in [7, 11) is 0. The van der Waals surface area contributed by atoms with Gasteiger partial charge >= 0.3 is 0 Å². The first kappa shape index (κ1) is 9.25. The van der Waals surface area contributed by atoms with Crippen molar-refractivity contribution >= 4 is 11.5 Å². The highest BCUT2D eigenvalue weighted by Gasteiger charge is 2.31. The first-order valence-electron chi connectivity index (χ1n) is 5.05. The fourth-order valence-electron chi connectivity index (χ4n) is 1.87. The molecule has 1 aromatic rings. The molecule has 0 bridgehead atoms. The minimum Gasteiger partial charge on any atom is -0.379 e. The summed E-state index contributed by atoms with van der Waals surface area (Å²) in [5, 5.41) is 3.43. The molecule has 1 unspecified atom stereocenters. The van der Waals surface area contributed by atoms with Crippen LogP contribution in [-0.2, 0) is 0 Å². The Balaban J connectivity index is 2.43. The maximum atomic E-state index is 11.8. The molecule has 2 nitrogen and oxygen atoms in total. The van der Waals surface area contributed by atoms with Crippen LogP contribution >= 0.6 is 0 Å². The second-order valence-corrected chi connectivity index (χ2v) is 4.18. The quantitative estimate of drug-likeness (QED) is 0.736. The molecule has 1 N–H and O–H groups in total. The average Bonchev–Trinajstić information content (AvgIpc) is 2.18. The van der Waals surface area contributed by atoms with E-state index in [0.717, 1.165) is 17.7 Å². The van der Waals surface area contributed by atoms with Gasteiger partial charge in [-0.3, -0.25) is 4.79 Å². The summed E-state index contributed by atoms with van der Waals surface area (Å²) in [5.74, 6) is 0.253. The molecular formula is C12H15NO. The number of Topliss-reactive ketones (excluding diaryl/α,β-unsaturated/α-hetero) is 1. The molecule has 1 aliphatic heterocycles. The molecule has 1 atom stereocenters. The Morgan fingerprint density at radius 3 is 2.86 bits per heavy atom. The van der Waals surface area contributed by atoms with Gasteiger partial charge in [0.1, 0.15) is 0 Å². The van der Waals surface area contributed by atoms with E-state index in [4.69, 9.17) is 0 Å². The van der Waals surface area contributed by atoms with Crippen LogP contribution in [0.3, 0.4) is 0 Å². The minimum atomic E-state index is -0.0641. The predicted molar refractivity (Wildman–Crippen MR) is 57.7 cm³/mol. The van der Waals surface area contributed by atoms with E-state index in [1.807, 2.05) is 24.3 Å². The van der Waals surface area contributed by atoms with E-state index in [2.05, 4.69) is 19.2 Å². The Morgan fingerprint density at radius 2 is 2.14 bits per heavy atom. The Hall–Kier alpha value is -1.31. The smallest absolute Gasteiger partial charge is 0.167 e. The number of carbonyl (C=O) groups excluding carboxylic acids is 1. The zero-order chi connectivity index (χ0) is 10.2. The van der Waals surface area contributed by atoms with Gasteiger partial charge in [-0.05, 0) is 25.5 Å². The molecule has 2 heteroatoms. The molecule has 74 valence electrons. The molecule has 0 aromatic heterocycles. The van der Waals surface area contributed by atoms with E-state index in [1.165, 1.54) is 0 Å². The summed E-state index contributed by atoms with van der Waals surface area (Å²) in [6.07, 6.45) is 1.56. The highest BCUT2D eigenvalue weighted by atomic mass is 16.1. The Bertz CT molecular complexity index is 372. The molecule has 0 fully saturated rings. The number of rotatable bonds is 1. The van der Waals surface area contributed by atoms with Crippen LogP contribution in [0.5, 0.6) is 0 Å². The van der Waals surface area contributed by atoms with Crippen LogP contribution < -0.4 is 5.32 Å². The van der Waals surface area contributed by atoms with Crippen molar-refractivity contribution in [3.63, 3.8) is 0 Å². The molecule has 0 saturated carbocycles. The van der Waals surface area contributed by atoms with Gasteiger partial charge < -0.3 is 5.32 Å². The standard InChI is InChI=1S/C12H15NO/c1-3-12(2)8-11(14)9-6-4-5-7-10(9)13-12/h4-7,13H,3,8H2,1-2H3. The molecular weight excluding hydrogens is 174 g/mol. The number of para-hydroxylation sites is 1. The summed E-state index contributed by atoms with van der Waals surface area (Å²) >= 11 is 0.